The van der Waals surface area contributed by atoms with E-state index in [1.165, 1.54) is 0 Å². The van der Waals surface area contributed by atoms with E-state index in [0.29, 0.717) is 35.8 Å². The second kappa shape index (κ2) is 9.59. The number of amides is 1. The van der Waals surface area contributed by atoms with Crippen molar-refractivity contribution in [3.8, 4) is 0 Å². The van der Waals surface area contributed by atoms with Gasteiger partial charge in [-0.05, 0) is 36.4 Å². The Morgan fingerprint density at radius 3 is 2.57 bits per heavy atom. The van der Waals surface area contributed by atoms with Crippen LogP contribution in [0.3, 0.4) is 0 Å². The zero-order valence-corrected chi connectivity index (χ0v) is 17.8. The zero-order chi connectivity index (χ0) is 19.4. The first-order valence-electron chi connectivity index (χ1n) is 8.38. The summed E-state index contributed by atoms with van der Waals surface area (Å²) >= 11 is 0. The van der Waals surface area contributed by atoms with Gasteiger partial charge in [0.15, 0.2) is 11.5 Å². The van der Waals surface area contributed by atoms with Crippen LogP contribution in [0.15, 0.2) is 46.9 Å². The van der Waals surface area contributed by atoms with Gasteiger partial charge in [0, 0.05) is 43.0 Å². The first-order chi connectivity index (χ1) is 12.9. The number of fused-ring (bicyclic) bond motifs is 1. The topological polar surface area (TPSA) is 125 Å². The number of rotatable bonds is 8. The van der Waals surface area contributed by atoms with Gasteiger partial charge in [0.1, 0.15) is 5.52 Å². The van der Waals surface area contributed by atoms with E-state index >= 15 is 0 Å². The van der Waals surface area contributed by atoms with Crippen molar-refractivity contribution in [3.63, 3.8) is 0 Å². The fourth-order valence-corrected chi connectivity index (χ4v) is 2.78. The number of nitrogens with zero attached hydrogens (tertiary/aromatic N) is 2. The molecule has 140 valence electrons. The summed E-state index contributed by atoms with van der Waals surface area (Å²) in [6, 6.07) is 12.0. The summed E-state index contributed by atoms with van der Waals surface area (Å²) < 4.78 is 5.50. The van der Waals surface area contributed by atoms with Gasteiger partial charge in [-0.15, -0.1) is 0 Å². The number of carboxylic acid groups (broad SMARTS) is 1. The predicted molar refractivity (Wildman–Crippen MR) is 99.4 cm³/mol. The second-order valence-electron chi connectivity index (χ2n) is 6.05. The van der Waals surface area contributed by atoms with Crippen LogP contribution >= 0.6 is 0 Å². The van der Waals surface area contributed by atoms with Gasteiger partial charge in [-0.25, -0.2) is 4.98 Å². The van der Waals surface area contributed by atoms with Crippen LogP contribution in [0.4, 0.5) is 11.4 Å². The van der Waals surface area contributed by atoms with E-state index in [9.17, 15) is 14.7 Å². The van der Waals surface area contributed by atoms with Gasteiger partial charge < -0.3 is 30.3 Å². The molecule has 0 saturated carbocycles. The number of hydrogen-bond donors (Lipinski definition) is 2. The molecular weight excluding hydrogens is 371 g/mol. The summed E-state index contributed by atoms with van der Waals surface area (Å²) in [5.74, 6) is -1.12. The number of hydrogen-bond acceptors (Lipinski definition) is 7. The minimum atomic E-state index is -1.19. The molecule has 0 bridgehead atoms. The second-order valence-corrected chi connectivity index (χ2v) is 6.05. The van der Waals surface area contributed by atoms with Gasteiger partial charge in [-0.3, -0.25) is 4.79 Å². The van der Waals surface area contributed by atoms with Gasteiger partial charge in [0.05, 0.1) is 12.5 Å². The first-order valence-corrected chi connectivity index (χ1v) is 8.38. The molecular formula is C19H19N4NaO4. The third kappa shape index (κ3) is 5.48. The average molecular weight is 390 g/mol. The Morgan fingerprint density at radius 1 is 1.21 bits per heavy atom. The van der Waals surface area contributed by atoms with Gasteiger partial charge in [0.2, 0.25) is 5.91 Å². The number of nitrogens with two attached hydrogens (primary N) is 1. The summed E-state index contributed by atoms with van der Waals surface area (Å²) in [6.45, 7) is 2.42. The van der Waals surface area contributed by atoms with Crippen molar-refractivity contribution >= 4 is 34.4 Å². The van der Waals surface area contributed by atoms with Crippen LogP contribution < -0.4 is 50.6 Å². The monoisotopic (exact) mass is 390 g/mol. The van der Waals surface area contributed by atoms with Crippen LogP contribution in [-0.2, 0) is 4.79 Å². The number of primary amides is 1. The molecule has 0 unspecified atom stereocenters. The van der Waals surface area contributed by atoms with Crippen molar-refractivity contribution in [2.45, 2.75) is 6.92 Å². The Kier molecular flexibility index (Phi) is 7.45. The van der Waals surface area contributed by atoms with Crippen molar-refractivity contribution in [1.29, 1.82) is 0 Å². The zero-order valence-electron chi connectivity index (χ0n) is 15.8. The molecule has 0 aliphatic carbocycles. The predicted octanol–water partition coefficient (Wildman–Crippen LogP) is -2.09. The first kappa shape index (κ1) is 21.7. The van der Waals surface area contributed by atoms with E-state index in [-0.39, 0.29) is 36.1 Å². The summed E-state index contributed by atoms with van der Waals surface area (Å²) in [5, 5.41) is 14.3. The fourth-order valence-electron chi connectivity index (χ4n) is 2.78. The SMILES string of the molecule is Cc1nc2ccc(NCCN(CC(=O)[O-])c3ccc(C(N)=O)cc3)cc2o1.[Na+]. The number of aryl methyl sites for hydroxylation is 1. The van der Waals surface area contributed by atoms with Crippen LogP contribution in [0.25, 0.3) is 11.1 Å². The summed E-state index contributed by atoms with van der Waals surface area (Å²) in [4.78, 5) is 28.1. The quantitative estimate of drug-likeness (QED) is 0.423. The standard InChI is InChI=1S/C19H20N4O4.Na/c1-12-22-16-7-4-14(10-17(16)27-12)21-8-9-23(11-18(24)25)15-5-2-13(3-6-15)19(20)26;/h2-7,10,21H,8-9,11H2,1H3,(H2,20,26)(H,24,25);/q;+1/p-1. The normalized spacial score (nSPS) is 10.3. The molecule has 0 aliphatic rings. The fraction of sp³-hybridized carbons (Fsp3) is 0.211. The molecule has 0 aliphatic heterocycles. The molecule has 9 heteroatoms. The third-order valence-corrected chi connectivity index (χ3v) is 4.04. The largest absolute Gasteiger partial charge is 1.00 e. The molecule has 3 N–H and O–H groups in total. The number of benzene rings is 2. The molecule has 1 amide bonds. The Balaban J connectivity index is 0.00000280. The van der Waals surface area contributed by atoms with Crippen molar-refractivity contribution in [2.75, 3.05) is 29.9 Å². The van der Waals surface area contributed by atoms with E-state index in [1.54, 1.807) is 36.1 Å². The Morgan fingerprint density at radius 2 is 1.93 bits per heavy atom. The maximum absolute atomic E-state index is 11.2. The number of aliphatic carboxylic acids is 1. The van der Waals surface area contributed by atoms with Crippen LogP contribution in [0.5, 0.6) is 0 Å². The molecule has 1 heterocycles. The molecule has 0 atom stereocenters. The minimum Gasteiger partial charge on any atom is -0.548 e. The van der Waals surface area contributed by atoms with E-state index < -0.39 is 11.9 Å². The molecule has 0 radical (unpaired) electrons. The Bertz CT molecular complexity index is 972. The summed E-state index contributed by atoms with van der Waals surface area (Å²) in [6.07, 6.45) is 0. The number of carbonyl (C=O) groups excluding carboxylic acids is 2. The summed E-state index contributed by atoms with van der Waals surface area (Å²) in [5.41, 5.74) is 8.56. The molecule has 2 aromatic carbocycles. The summed E-state index contributed by atoms with van der Waals surface area (Å²) in [7, 11) is 0. The maximum atomic E-state index is 11.2. The van der Waals surface area contributed by atoms with Crippen molar-refractivity contribution in [2.24, 2.45) is 5.73 Å². The van der Waals surface area contributed by atoms with Gasteiger partial charge in [-0.1, -0.05) is 0 Å². The number of carbonyl (C=O) groups is 2. The molecule has 8 nitrogen and oxygen atoms in total. The number of nitrogens with one attached hydrogen (secondary N) is 1. The number of carboxylic acids is 1. The molecule has 0 fully saturated rings. The Labute approximate surface area is 184 Å². The third-order valence-electron chi connectivity index (χ3n) is 4.04. The van der Waals surface area contributed by atoms with Crippen LogP contribution in [-0.4, -0.2) is 36.5 Å². The van der Waals surface area contributed by atoms with E-state index in [0.717, 1.165) is 11.2 Å². The minimum absolute atomic E-state index is 0. The number of aromatic nitrogens is 1. The van der Waals surface area contributed by atoms with E-state index in [4.69, 9.17) is 10.2 Å². The molecule has 0 saturated heterocycles. The van der Waals surface area contributed by atoms with Crippen LogP contribution in [0.1, 0.15) is 16.2 Å². The molecule has 28 heavy (non-hydrogen) atoms. The van der Waals surface area contributed by atoms with E-state index in [2.05, 4.69) is 10.3 Å². The van der Waals surface area contributed by atoms with Crippen molar-refractivity contribution in [1.82, 2.24) is 4.98 Å². The molecule has 1 aromatic heterocycles. The van der Waals surface area contributed by atoms with Crippen molar-refractivity contribution < 1.29 is 48.7 Å². The molecule has 3 rings (SSSR count). The van der Waals surface area contributed by atoms with Crippen LogP contribution in [0, 0.1) is 6.92 Å². The van der Waals surface area contributed by atoms with Gasteiger partial charge in [0.25, 0.3) is 0 Å². The number of oxazole rings is 1. The van der Waals surface area contributed by atoms with Gasteiger partial charge in [-0.2, -0.15) is 0 Å². The van der Waals surface area contributed by atoms with Crippen molar-refractivity contribution in [3.05, 3.63) is 53.9 Å². The van der Waals surface area contributed by atoms with E-state index in [1.807, 2.05) is 18.2 Å². The molecule has 3 aromatic rings. The van der Waals surface area contributed by atoms with Crippen LogP contribution in [0.2, 0.25) is 0 Å². The number of anilines is 2. The maximum Gasteiger partial charge on any atom is 1.00 e. The Hall–Kier alpha value is -2.55. The molecule has 0 spiro atoms. The smallest absolute Gasteiger partial charge is 0.548 e. The average Bonchev–Trinajstić information content (AvgIpc) is 3.00. The van der Waals surface area contributed by atoms with Gasteiger partial charge >= 0.3 is 29.6 Å².